The molecule has 2 heterocycles. The van der Waals surface area contributed by atoms with Gasteiger partial charge in [0.25, 0.3) is 11.8 Å². The van der Waals surface area contributed by atoms with Crippen molar-refractivity contribution in [1.29, 1.82) is 0 Å². The van der Waals surface area contributed by atoms with Gasteiger partial charge in [0.2, 0.25) is 11.8 Å². The molecule has 3 atom stereocenters. The van der Waals surface area contributed by atoms with Crippen LogP contribution in [0.15, 0.2) is 121 Å². The summed E-state index contributed by atoms with van der Waals surface area (Å²) in [4.78, 5) is 52.8. The minimum absolute atomic E-state index is 0.170. The summed E-state index contributed by atoms with van der Waals surface area (Å²) in [6.07, 6.45) is 8.32. The summed E-state index contributed by atoms with van der Waals surface area (Å²) >= 11 is 0. The average Bonchev–Trinajstić information content (AvgIpc) is 3.65. The van der Waals surface area contributed by atoms with Crippen molar-refractivity contribution in [3.63, 3.8) is 0 Å². The van der Waals surface area contributed by atoms with Crippen molar-refractivity contribution in [2.45, 2.75) is 72.6 Å². The number of carbonyl (C=O) groups excluding carboxylic acids is 4. The Kier molecular flexibility index (Phi) is 11.3. The standard InChI is InChI=1S/C46H48N2O6/c1-7-8-30(2)27-31(3)28-32(4)41-29-44(51)48(45(41)52)36-15-23-40(24-16-36)54-38-19-11-34(12-20-38)46(5,6)33-9-17-37(18-10-33)53-39-21-13-35(14-22-39)47-42(49)25-26-43(47)50/h9-26,28,30-31,41H,7-8,27,29H2,1-6H3/b32-28+. The van der Waals surface area contributed by atoms with Gasteiger partial charge < -0.3 is 9.47 Å². The minimum Gasteiger partial charge on any atom is -0.457 e. The quantitative estimate of drug-likeness (QED) is 0.0949. The number of imide groups is 2. The summed E-state index contributed by atoms with van der Waals surface area (Å²) in [5.41, 5.74) is 3.91. The van der Waals surface area contributed by atoms with E-state index in [1.807, 2.05) is 55.5 Å². The highest BCUT2D eigenvalue weighted by Gasteiger charge is 2.40. The SMILES string of the molecule is CCCC(C)CC(C)/C=C(\C)C1CC(=O)N(c2ccc(Oc3ccc(C(C)(C)c4ccc(Oc5ccc(N6C(=O)C=CC6=O)cc5)cc4)cc3)cc2)C1=O. The first-order valence-electron chi connectivity index (χ1n) is 18.7. The number of nitrogens with zero attached hydrogens (tertiary/aromatic N) is 2. The van der Waals surface area contributed by atoms with Gasteiger partial charge in [0.15, 0.2) is 0 Å². The molecular weight excluding hydrogens is 677 g/mol. The number of benzene rings is 4. The molecule has 0 saturated carbocycles. The first kappa shape index (κ1) is 38.0. The molecule has 0 spiro atoms. The van der Waals surface area contributed by atoms with Crippen LogP contribution in [0, 0.1) is 17.8 Å². The highest BCUT2D eigenvalue weighted by molar-refractivity contribution is 6.28. The van der Waals surface area contributed by atoms with Crippen LogP contribution in [0.4, 0.5) is 11.4 Å². The fourth-order valence-electron chi connectivity index (χ4n) is 7.44. The molecule has 0 N–H and O–H groups in total. The molecular formula is C46H48N2O6. The Morgan fingerprint density at radius 1 is 0.704 bits per heavy atom. The van der Waals surface area contributed by atoms with Gasteiger partial charge in [-0.15, -0.1) is 0 Å². The Morgan fingerprint density at radius 2 is 1.13 bits per heavy atom. The maximum Gasteiger partial charge on any atom is 0.258 e. The van der Waals surface area contributed by atoms with Crippen LogP contribution in [0.3, 0.4) is 0 Å². The van der Waals surface area contributed by atoms with E-state index in [2.05, 4.69) is 40.7 Å². The fraction of sp³-hybridized carbons (Fsp3) is 0.304. The second kappa shape index (κ2) is 16.1. The first-order valence-corrected chi connectivity index (χ1v) is 18.7. The van der Waals surface area contributed by atoms with Gasteiger partial charge in [-0.3, -0.25) is 24.1 Å². The Bertz CT molecular complexity index is 2040. The van der Waals surface area contributed by atoms with Crippen molar-refractivity contribution in [3.8, 4) is 23.0 Å². The molecule has 4 amide bonds. The van der Waals surface area contributed by atoms with Crippen LogP contribution >= 0.6 is 0 Å². The van der Waals surface area contributed by atoms with Crippen molar-refractivity contribution in [2.24, 2.45) is 17.8 Å². The zero-order chi connectivity index (χ0) is 38.6. The topological polar surface area (TPSA) is 93.2 Å². The number of ether oxygens (including phenoxy) is 2. The van der Waals surface area contributed by atoms with Gasteiger partial charge >= 0.3 is 0 Å². The lowest BCUT2D eigenvalue weighted by Crippen LogP contribution is -2.30. The molecule has 1 saturated heterocycles. The third-order valence-electron chi connectivity index (χ3n) is 10.4. The lowest BCUT2D eigenvalue weighted by atomic mass is 9.78. The largest absolute Gasteiger partial charge is 0.457 e. The molecule has 0 bridgehead atoms. The second-order valence-electron chi connectivity index (χ2n) is 15.1. The molecule has 1 fully saturated rings. The molecule has 0 aliphatic carbocycles. The Hall–Kier alpha value is -5.76. The lowest BCUT2D eigenvalue weighted by Gasteiger charge is -2.26. The van der Waals surface area contributed by atoms with E-state index in [0.29, 0.717) is 46.2 Å². The van der Waals surface area contributed by atoms with E-state index in [9.17, 15) is 19.2 Å². The van der Waals surface area contributed by atoms with Crippen molar-refractivity contribution in [3.05, 3.63) is 132 Å². The van der Waals surface area contributed by atoms with Gasteiger partial charge in [-0.1, -0.05) is 83.4 Å². The third kappa shape index (κ3) is 8.38. The van der Waals surface area contributed by atoms with E-state index in [1.165, 1.54) is 29.9 Å². The van der Waals surface area contributed by atoms with E-state index < -0.39 is 5.92 Å². The molecule has 2 aliphatic heterocycles. The zero-order valence-electron chi connectivity index (χ0n) is 31.9. The van der Waals surface area contributed by atoms with Crippen molar-refractivity contribution in [2.75, 3.05) is 9.80 Å². The number of rotatable bonds is 14. The molecule has 6 rings (SSSR count). The molecule has 0 aromatic heterocycles. The first-order chi connectivity index (χ1) is 25.8. The van der Waals surface area contributed by atoms with Crippen LogP contribution in [0.2, 0.25) is 0 Å². The van der Waals surface area contributed by atoms with Gasteiger partial charge in [-0.05, 0) is 109 Å². The van der Waals surface area contributed by atoms with Crippen LogP contribution in [0.25, 0.3) is 0 Å². The predicted octanol–water partition coefficient (Wildman–Crippen LogP) is 10.3. The maximum absolute atomic E-state index is 13.4. The normalized spacial score (nSPS) is 17.4. The summed E-state index contributed by atoms with van der Waals surface area (Å²) in [5, 5.41) is 0. The van der Waals surface area contributed by atoms with Crippen LogP contribution in [0.5, 0.6) is 23.0 Å². The molecule has 3 unspecified atom stereocenters. The molecule has 8 heteroatoms. The van der Waals surface area contributed by atoms with Gasteiger partial charge in [-0.25, -0.2) is 4.90 Å². The number of allylic oxidation sites excluding steroid dienone is 1. The van der Waals surface area contributed by atoms with Gasteiger partial charge in [-0.2, -0.15) is 0 Å². The molecule has 54 heavy (non-hydrogen) atoms. The highest BCUT2D eigenvalue weighted by atomic mass is 16.5. The third-order valence-corrected chi connectivity index (χ3v) is 10.4. The summed E-state index contributed by atoms with van der Waals surface area (Å²) in [6.45, 7) is 12.9. The maximum atomic E-state index is 13.4. The number of carbonyl (C=O) groups is 4. The summed E-state index contributed by atoms with van der Waals surface area (Å²) < 4.78 is 12.2. The van der Waals surface area contributed by atoms with Gasteiger partial charge in [0.05, 0.1) is 17.3 Å². The summed E-state index contributed by atoms with van der Waals surface area (Å²) in [5.74, 6) is 2.02. The summed E-state index contributed by atoms with van der Waals surface area (Å²) in [6, 6.07) is 29.8. The minimum atomic E-state index is -0.420. The Morgan fingerprint density at radius 3 is 1.57 bits per heavy atom. The smallest absolute Gasteiger partial charge is 0.258 e. The highest BCUT2D eigenvalue weighted by Crippen LogP contribution is 2.36. The number of hydrogen-bond donors (Lipinski definition) is 0. The van der Waals surface area contributed by atoms with Crippen LogP contribution < -0.4 is 19.3 Å². The summed E-state index contributed by atoms with van der Waals surface area (Å²) in [7, 11) is 0. The van der Waals surface area contributed by atoms with Crippen molar-refractivity contribution >= 4 is 35.0 Å². The molecule has 8 nitrogen and oxygen atoms in total. The monoisotopic (exact) mass is 724 g/mol. The molecule has 4 aromatic rings. The Labute approximate surface area is 318 Å². The van der Waals surface area contributed by atoms with E-state index in [0.717, 1.165) is 28.0 Å². The zero-order valence-corrected chi connectivity index (χ0v) is 31.9. The lowest BCUT2D eigenvalue weighted by molar-refractivity contribution is -0.122. The van der Waals surface area contributed by atoms with E-state index in [1.54, 1.807) is 48.5 Å². The van der Waals surface area contributed by atoms with Crippen LogP contribution in [-0.4, -0.2) is 23.6 Å². The second-order valence-corrected chi connectivity index (χ2v) is 15.1. The van der Waals surface area contributed by atoms with E-state index >= 15 is 0 Å². The van der Waals surface area contributed by atoms with Crippen molar-refractivity contribution < 1.29 is 28.7 Å². The molecule has 0 radical (unpaired) electrons. The number of hydrogen-bond acceptors (Lipinski definition) is 6. The van der Waals surface area contributed by atoms with Crippen molar-refractivity contribution in [1.82, 2.24) is 0 Å². The van der Waals surface area contributed by atoms with Crippen LogP contribution in [0.1, 0.15) is 78.4 Å². The fourth-order valence-corrected chi connectivity index (χ4v) is 7.44. The Balaban J connectivity index is 1.04. The average molecular weight is 725 g/mol. The number of amides is 4. The van der Waals surface area contributed by atoms with E-state index in [4.69, 9.17) is 9.47 Å². The van der Waals surface area contributed by atoms with Crippen LogP contribution in [-0.2, 0) is 24.6 Å². The molecule has 4 aromatic carbocycles. The molecule has 278 valence electrons. The van der Waals surface area contributed by atoms with E-state index in [-0.39, 0.29) is 35.5 Å². The molecule has 2 aliphatic rings. The number of anilines is 2. The van der Waals surface area contributed by atoms with Gasteiger partial charge in [0.1, 0.15) is 23.0 Å². The predicted molar refractivity (Wildman–Crippen MR) is 212 cm³/mol. The van der Waals surface area contributed by atoms with Gasteiger partial charge in [0, 0.05) is 24.0 Å².